The van der Waals surface area contributed by atoms with Crippen LogP contribution in [0, 0.1) is 0 Å². The van der Waals surface area contributed by atoms with Crippen molar-refractivity contribution in [3.63, 3.8) is 0 Å². The number of hydrogen-bond acceptors (Lipinski definition) is 4. The molecule has 0 heterocycles. The molecule has 0 aromatic heterocycles. The molecule has 0 radical (unpaired) electrons. The van der Waals surface area contributed by atoms with Crippen LogP contribution >= 0.6 is 0 Å². The molecule has 0 atom stereocenters. The molecule has 21 heavy (non-hydrogen) atoms. The third kappa shape index (κ3) is 4.39. The standard InChI is InChI=1S/C17H22N2O2/c1-19(2)12-13-4-7-15(8-5-13)18-11-14-6-9-16(21-3)10-17(14)20/h4-10,18,20H,11-12H2,1-3H3. The van der Waals surface area contributed by atoms with E-state index >= 15 is 0 Å². The molecule has 0 fully saturated rings. The molecule has 0 spiro atoms. The van der Waals surface area contributed by atoms with Crippen LogP contribution < -0.4 is 10.1 Å². The molecule has 0 amide bonds. The minimum absolute atomic E-state index is 0.242. The SMILES string of the molecule is COc1ccc(CNc2ccc(CN(C)C)cc2)c(O)c1. The first kappa shape index (κ1) is 15.2. The topological polar surface area (TPSA) is 44.7 Å². The van der Waals surface area contributed by atoms with Gasteiger partial charge in [-0.25, -0.2) is 0 Å². The quantitative estimate of drug-likeness (QED) is 0.856. The predicted molar refractivity (Wildman–Crippen MR) is 85.8 cm³/mol. The van der Waals surface area contributed by atoms with Gasteiger partial charge in [0.2, 0.25) is 0 Å². The highest BCUT2D eigenvalue weighted by atomic mass is 16.5. The molecule has 4 nitrogen and oxygen atoms in total. The van der Waals surface area contributed by atoms with Crippen LogP contribution in [0.2, 0.25) is 0 Å². The van der Waals surface area contributed by atoms with Crippen molar-refractivity contribution < 1.29 is 9.84 Å². The molecule has 2 rings (SSSR count). The predicted octanol–water partition coefficient (Wildman–Crippen LogP) is 3.07. The van der Waals surface area contributed by atoms with Crippen LogP contribution in [-0.2, 0) is 13.1 Å². The van der Waals surface area contributed by atoms with E-state index in [0.717, 1.165) is 17.8 Å². The van der Waals surface area contributed by atoms with Gasteiger partial charge in [-0.15, -0.1) is 0 Å². The van der Waals surface area contributed by atoms with Crippen molar-refractivity contribution in [3.05, 3.63) is 53.6 Å². The number of hydrogen-bond donors (Lipinski definition) is 2. The summed E-state index contributed by atoms with van der Waals surface area (Å²) in [6.07, 6.45) is 0. The van der Waals surface area contributed by atoms with Crippen LogP contribution in [0.15, 0.2) is 42.5 Å². The Balaban J connectivity index is 1.96. The fraction of sp³-hybridized carbons (Fsp3) is 0.294. The third-order valence-corrected chi connectivity index (χ3v) is 3.23. The van der Waals surface area contributed by atoms with E-state index in [1.54, 1.807) is 13.2 Å². The molecule has 112 valence electrons. The molecule has 0 aliphatic heterocycles. The summed E-state index contributed by atoms with van der Waals surface area (Å²) in [5.74, 6) is 0.898. The highest BCUT2D eigenvalue weighted by Gasteiger charge is 2.03. The lowest BCUT2D eigenvalue weighted by Crippen LogP contribution is -2.10. The molecule has 0 bridgehead atoms. The number of methoxy groups -OCH3 is 1. The van der Waals surface area contributed by atoms with Gasteiger partial charge in [0.1, 0.15) is 11.5 Å². The Bertz CT molecular complexity index is 580. The summed E-state index contributed by atoms with van der Waals surface area (Å²) >= 11 is 0. The average Bonchev–Trinajstić information content (AvgIpc) is 2.47. The number of ether oxygens (including phenoxy) is 1. The van der Waals surface area contributed by atoms with Crippen molar-refractivity contribution in [1.29, 1.82) is 0 Å². The van der Waals surface area contributed by atoms with Crippen LogP contribution in [0.3, 0.4) is 0 Å². The van der Waals surface area contributed by atoms with Gasteiger partial charge >= 0.3 is 0 Å². The van der Waals surface area contributed by atoms with Gasteiger partial charge in [-0.05, 0) is 43.9 Å². The lowest BCUT2D eigenvalue weighted by Gasteiger charge is -2.12. The maximum atomic E-state index is 9.92. The maximum Gasteiger partial charge on any atom is 0.124 e. The second-order valence-electron chi connectivity index (χ2n) is 5.28. The van der Waals surface area contributed by atoms with E-state index in [1.807, 2.05) is 12.1 Å². The van der Waals surface area contributed by atoms with Crippen LogP contribution in [0.25, 0.3) is 0 Å². The van der Waals surface area contributed by atoms with E-state index in [1.165, 1.54) is 5.56 Å². The lowest BCUT2D eigenvalue weighted by molar-refractivity contribution is 0.402. The summed E-state index contributed by atoms with van der Waals surface area (Å²) in [6, 6.07) is 13.7. The number of phenolic OH excluding ortho intramolecular Hbond substituents is 1. The molecule has 2 aromatic carbocycles. The number of anilines is 1. The molecule has 0 saturated carbocycles. The largest absolute Gasteiger partial charge is 0.507 e. The average molecular weight is 286 g/mol. The highest BCUT2D eigenvalue weighted by molar-refractivity contribution is 5.47. The van der Waals surface area contributed by atoms with Crippen molar-refractivity contribution in [2.45, 2.75) is 13.1 Å². The zero-order chi connectivity index (χ0) is 15.2. The molecule has 0 aliphatic carbocycles. The molecule has 2 N–H and O–H groups in total. The smallest absolute Gasteiger partial charge is 0.124 e. The Labute approximate surface area is 126 Å². The number of nitrogens with zero attached hydrogens (tertiary/aromatic N) is 1. The summed E-state index contributed by atoms with van der Waals surface area (Å²) in [5.41, 5.74) is 3.15. The fourth-order valence-electron chi connectivity index (χ4n) is 2.11. The molecular weight excluding hydrogens is 264 g/mol. The normalized spacial score (nSPS) is 10.7. The fourth-order valence-corrected chi connectivity index (χ4v) is 2.11. The Kier molecular flexibility index (Phi) is 5.06. The molecule has 0 unspecified atom stereocenters. The summed E-state index contributed by atoms with van der Waals surface area (Å²) in [5, 5.41) is 13.2. The Morgan fingerprint density at radius 2 is 1.81 bits per heavy atom. The molecule has 0 saturated heterocycles. The maximum absolute atomic E-state index is 9.92. The van der Waals surface area contributed by atoms with Crippen LogP contribution in [0.4, 0.5) is 5.69 Å². The second kappa shape index (κ2) is 6.99. The first-order valence-electron chi connectivity index (χ1n) is 6.92. The van der Waals surface area contributed by atoms with Crippen molar-refractivity contribution >= 4 is 5.69 Å². The zero-order valence-electron chi connectivity index (χ0n) is 12.8. The van der Waals surface area contributed by atoms with Gasteiger partial charge < -0.3 is 20.1 Å². The van der Waals surface area contributed by atoms with E-state index in [0.29, 0.717) is 12.3 Å². The minimum Gasteiger partial charge on any atom is -0.507 e. The van der Waals surface area contributed by atoms with Gasteiger partial charge in [-0.3, -0.25) is 0 Å². The Morgan fingerprint density at radius 1 is 1.10 bits per heavy atom. The monoisotopic (exact) mass is 286 g/mol. The van der Waals surface area contributed by atoms with Gasteiger partial charge in [0.05, 0.1) is 7.11 Å². The summed E-state index contributed by atoms with van der Waals surface area (Å²) in [4.78, 5) is 2.14. The molecule has 2 aromatic rings. The molecule has 4 heteroatoms. The summed E-state index contributed by atoms with van der Waals surface area (Å²) in [7, 11) is 5.69. The highest BCUT2D eigenvalue weighted by Crippen LogP contribution is 2.24. The van der Waals surface area contributed by atoms with Crippen molar-refractivity contribution in [2.24, 2.45) is 0 Å². The number of aromatic hydroxyl groups is 1. The lowest BCUT2D eigenvalue weighted by atomic mass is 10.1. The van der Waals surface area contributed by atoms with Crippen LogP contribution in [0.1, 0.15) is 11.1 Å². The molecular formula is C17H22N2O2. The van der Waals surface area contributed by atoms with E-state index in [9.17, 15) is 5.11 Å². The van der Waals surface area contributed by atoms with E-state index in [2.05, 4.69) is 48.6 Å². The Hall–Kier alpha value is -2.20. The number of rotatable bonds is 6. The number of benzene rings is 2. The first-order valence-corrected chi connectivity index (χ1v) is 6.92. The van der Waals surface area contributed by atoms with E-state index < -0.39 is 0 Å². The van der Waals surface area contributed by atoms with Crippen molar-refractivity contribution in [1.82, 2.24) is 4.90 Å². The van der Waals surface area contributed by atoms with Gasteiger partial charge in [-0.1, -0.05) is 12.1 Å². The second-order valence-corrected chi connectivity index (χ2v) is 5.28. The van der Waals surface area contributed by atoms with Crippen LogP contribution in [0.5, 0.6) is 11.5 Å². The van der Waals surface area contributed by atoms with Crippen LogP contribution in [-0.4, -0.2) is 31.2 Å². The zero-order valence-corrected chi connectivity index (χ0v) is 12.8. The Morgan fingerprint density at radius 3 is 2.38 bits per heavy atom. The first-order chi connectivity index (χ1) is 10.1. The van der Waals surface area contributed by atoms with E-state index in [4.69, 9.17) is 4.74 Å². The van der Waals surface area contributed by atoms with Gasteiger partial charge in [0, 0.05) is 30.4 Å². The van der Waals surface area contributed by atoms with Crippen molar-refractivity contribution in [2.75, 3.05) is 26.5 Å². The number of phenols is 1. The third-order valence-electron chi connectivity index (χ3n) is 3.23. The van der Waals surface area contributed by atoms with E-state index in [-0.39, 0.29) is 5.75 Å². The van der Waals surface area contributed by atoms with Gasteiger partial charge in [0.25, 0.3) is 0 Å². The summed E-state index contributed by atoms with van der Waals surface area (Å²) in [6.45, 7) is 1.50. The number of nitrogens with one attached hydrogen (secondary N) is 1. The van der Waals surface area contributed by atoms with Gasteiger partial charge in [0.15, 0.2) is 0 Å². The molecule has 0 aliphatic rings. The minimum atomic E-state index is 0.242. The van der Waals surface area contributed by atoms with Gasteiger partial charge in [-0.2, -0.15) is 0 Å². The summed E-state index contributed by atoms with van der Waals surface area (Å²) < 4.78 is 5.07. The van der Waals surface area contributed by atoms with Crippen molar-refractivity contribution in [3.8, 4) is 11.5 Å².